The molecule has 0 unspecified atom stereocenters. The molecule has 2 N–H and O–H groups in total. The SMILES string of the molecule is Cl.N[C@@H]1CN(Cc2nc(CC(F)(F)F)no2)C[C@H]1c1ccccc1. The summed E-state index contributed by atoms with van der Waals surface area (Å²) in [5.41, 5.74) is 7.34. The first-order valence-corrected chi connectivity index (χ1v) is 7.32. The van der Waals surface area contributed by atoms with Gasteiger partial charge in [0.2, 0.25) is 5.89 Å². The second-order valence-electron chi connectivity index (χ2n) is 5.77. The zero-order chi connectivity index (χ0) is 16.4. The van der Waals surface area contributed by atoms with Crippen LogP contribution in [0.25, 0.3) is 0 Å². The van der Waals surface area contributed by atoms with E-state index in [-0.39, 0.29) is 36.1 Å². The van der Waals surface area contributed by atoms with E-state index in [1.54, 1.807) is 0 Å². The van der Waals surface area contributed by atoms with Gasteiger partial charge in [-0.25, -0.2) is 0 Å². The minimum Gasteiger partial charge on any atom is -0.338 e. The third kappa shape index (κ3) is 4.68. The highest BCUT2D eigenvalue weighted by Gasteiger charge is 2.33. The average Bonchev–Trinajstić information content (AvgIpc) is 3.05. The Bertz CT molecular complexity index is 650. The standard InChI is InChI=1S/C15H17F3N4O.ClH/c16-15(17,18)6-13-20-14(23-21-13)9-22-7-11(12(19)8-22)10-4-2-1-3-5-10;/h1-5,11-12H,6-9,19H2;1H/t11-,12+;/m0./s1. The molecule has 1 aromatic carbocycles. The van der Waals surface area contributed by atoms with Crippen LogP contribution >= 0.6 is 12.4 Å². The molecule has 1 fully saturated rings. The second-order valence-corrected chi connectivity index (χ2v) is 5.77. The van der Waals surface area contributed by atoms with Crippen LogP contribution in [-0.4, -0.2) is 40.3 Å². The summed E-state index contributed by atoms with van der Waals surface area (Å²) in [6.45, 7) is 1.65. The van der Waals surface area contributed by atoms with Crippen molar-refractivity contribution in [2.45, 2.75) is 31.1 Å². The van der Waals surface area contributed by atoms with E-state index in [1.807, 2.05) is 35.2 Å². The van der Waals surface area contributed by atoms with Crippen molar-refractivity contribution in [2.75, 3.05) is 13.1 Å². The summed E-state index contributed by atoms with van der Waals surface area (Å²) in [6.07, 6.45) is -5.52. The van der Waals surface area contributed by atoms with E-state index in [2.05, 4.69) is 10.1 Å². The summed E-state index contributed by atoms with van der Waals surface area (Å²) < 4.78 is 41.8. The van der Waals surface area contributed by atoms with Gasteiger partial charge in [-0.1, -0.05) is 35.5 Å². The molecule has 5 nitrogen and oxygen atoms in total. The first kappa shape index (κ1) is 18.7. The fourth-order valence-electron chi connectivity index (χ4n) is 2.89. The molecule has 24 heavy (non-hydrogen) atoms. The minimum absolute atomic E-state index is 0. The van der Waals surface area contributed by atoms with E-state index in [9.17, 15) is 13.2 Å². The Labute approximate surface area is 143 Å². The Hall–Kier alpha value is -1.64. The molecular weight excluding hydrogens is 345 g/mol. The number of benzene rings is 1. The molecule has 0 radical (unpaired) electrons. The highest BCUT2D eigenvalue weighted by atomic mass is 35.5. The van der Waals surface area contributed by atoms with Gasteiger partial charge in [0.1, 0.15) is 6.42 Å². The molecule has 3 rings (SSSR count). The summed E-state index contributed by atoms with van der Waals surface area (Å²) in [5, 5.41) is 3.38. The second kappa shape index (κ2) is 7.50. The van der Waals surface area contributed by atoms with Gasteiger partial charge >= 0.3 is 6.18 Å². The van der Waals surface area contributed by atoms with Crippen LogP contribution in [0.5, 0.6) is 0 Å². The summed E-state index contributed by atoms with van der Waals surface area (Å²) >= 11 is 0. The summed E-state index contributed by atoms with van der Waals surface area (Å²) in [6, 6.07) is 9.90. The lowest BCUT2D eigenvalue weighted by Gasteiger charge is -2.14. The molecule has 132 valence electrons. The number of hydrogen-bond donors (Lipinski definition) is 1. The zero-order valence-electron chi connectivity index (χ0n) is 12.7. The smallest absolute Gasteiger partial charge is 0.338 e. The number of aromatic nitrogens is 2. The topological polar surface area (TPSA) is 68.2 Å². The Kier molecular flexibility index (Phi) is 5.84. The molecule has 1 aliphatic rings. The van der Waals surface area contributed by atoms with Crippen LogP contribution in [-0.2, 0) is 13.0 Å². The zero-order valence-corrected chi connectivity index (χ0v) is 13.6. The number of alkyl halides is 3. The highest BCUT2D eigenvalue weighted by Crippen LogP contribution is 2.27. The summed E-state index contributed by atoms with van der Waals surface area (Å²) in [7, 11) is 0. The molecular formula is C15H18ClF3N4O. The molecule has 1 aromatic heterocycles. The van der Waals surface area contributed by atoms with Crippen molar-refractivity contribution in [3.63, 3.8) is 0 Å². The monoisotopic (exact) mass is 362 g/mol. The molecule has 0 amide bonds. The van der Waals surface area contributed by atoms with Crippen LogP contribution in [0.2, 0.25) is 0 Å². The minimum atomic E-state index is -4.34. The Morgan fingerprint density at radius 3 is 2.58 bits per heavy atom. The molecule has 1 aliphatic heterocycles. The van der Waals surface area contributed by atoms with Crippen molar-refractivity contribution >= 4 is 12.4 Å². The van der Waals surface area contributed by atoms with Gasteiger partial charge < -0.3 is 10.3 Å². The van der Waals surface area contributed by atoms with Crippen molar-refractivity contribution in [1.82, 2.24) is 15.0 Å². The van der Waals surface area contributed by atoms with Gasteiger partial charge in [-0.15, -0.1) is 12.4 Å². The van der Waals surface area contributed by atoms with Gasteiger partial charge in [0.25, 0.3) is 0 Å². The van der Waals surface area contributed by atoms with Crippen molar-refractivity contribution in [3.05, 3.63) is 47.6 Å². The van der Waals surface area contributed by atoms with Crippen molar-refractivity contribution in [1.29, 1.82) is 0 Å². The third-order valence-corrected chi connectivity index (χ3v) is 3.90. The number of likely N-dealkylation sites (tertiary alicyclic amines) is 1. The van der Waals surface area contributed by atoms with Crippen LogP contribution in [0.15, 0.2) is 34.9 Å². The fraction of sp³-hybridized carbons (Fsp3) is 0.467. The maximum Gasteiger partial charge on any atom is 0.396 e. The molecule has 0 spiro atoms. The molecule has 2 aromatic rings. The van der Waals surface area contributed by atoms with E-state index in [0.29, 0.717) is 19.6 Å². The summed E-state index contributed by atoms with van der Waals surface area (Å²) in [4.78, 5) is 5.82. The average molecular weight is 363 g/mol. The maximum atomic E-state index is 12.3. The van der Waals surface area contributed by atoms with E-state index >= 15 is 0 Å². The first-order valence-electron chi connectivity index (χ1n) is 7.32. The van der Waals surface area contributed by atoms with Crippen LogP contribution < -0.4 is 5.73 Å². The molecule has 2 heterocycles. The molecule has 9 heteroatoms. The number of rotatable bonds is 4. The van der Waals surface area contributed by atoms with Gasteiger partial charge in [-0.05, 0) is 5.56 Å². The lowest BCUT2D eigenvalue weighted by molar-refractivity contribution is -0.128. The molecule has 0 bridgehead atoms. The van der Waals surface area contributed by atoms with Gasteiger partial charge in [0, 0.05) is 25.0 Å². The summed E-state index contributed by atoms with van der Waals surface area (Å²) in [5.74, 6) is 0.0366. The lowest BCUT2D eigenvalue weighted by atomic mass is 9.95. The third-order valence-electron chi connectivity index (χ3n) is 3.90. The van der Waals surface area contributed by atoms with Gasteiger partial charge in [-0.2, -0.15) is 18.2 Å². The van der Waals surface area contributed by atoms with Crippen LogP contribution in [0.3, 0.4) is 0 Å². The quantitative estimate of drug-likeness (QED) is 0.905. The van der Waals surface area contributed by atoms with Gasteiger partial charge in [0.15, 0.2) is 5.82 Å². The number of halogens is 4. The number of hydrogen-bond acceptors (Lipinski definition) is 5. The maximum absolute atomic E-state index is 12.3. The van der Waals surface area contributed by atoms with Crippen molar-refractivity contribution < 1.29 is 17.7 Å². The Balaban J connectivity index is 0.00000208. The van der Waals surface area contributed by atoms with E-state index in [4.69, 9.17) is 10.3 Å². The van der Waals surface area contributed by atoms with Crippen molar-refractivity contribution in [3.8, 4) is 0 Å². The molecule has 1 saturated heterocycles. The van der Waals surface area contributed by atoms with Gasteiger partial charge in [-0.3, -0.25) is 4.90 Å². The number of nitrogens with zero attached hydrogens (tertiary/aromatic N) is 3. The van der Waals surface area contributed by atoms with Crippen LogP contribution in [0.1, 0.15) is 23.2 Å². The van der Waals surface area contributed by atoms with E-state index < -0.39 is 12.6 Å². The molecule has 0 aliphatic carbocycles. The van der Waals surface area contributed by atoms with Crippen molar-refractivity contribution in [2.24, 2.45) is 5.73 Å². The van der Waals surface area contributed by atoms with Crippen LogP contribution in [0.4, 0.5) is 13.2 Å². The molecule has 2 atom stereocenters. The van der Waals surface area contributed by atoms with E-state index in [1.165, 1.54) is 0 Å². The first-order chi connectivity index (χ1) is 10.9. The Morgan fingerprint density at radius 2 is 1.92 bits per heavy atom. The Morgan fingerprint density at radius 1 is 1.21 bits per heavy atom. The highest BCUT2D eigenvalue weighted by molar-refractivity contribution is 5.85. The fourth-order valence-corrected chi connectivity index (χ4v) is 2.89. The predicted molar refractivity (Wildman–Crippen MR) is 83.7 cm³/mol. The largest absolute Gasteiger partial charge is 0.396 e. The predicted octanol–water partition coefficient (Wildman–Crippen LogP) is 2.52. The van der Waals surface area contributed by atoms with Gasteiger partial charge in [0.05, 0.1) is 6.54 Å². The normalized spacial score (nSPS) is 21.7. The molecule has 0 saturated carbocycles. The number of nitrogens with two attached hydrogens (primary N) is 1. The lowest BCUT2D eigenvalue weighted by Crippen LogP contribution is -2.28. The van der Waals surface area contributed by atoms with Crippen LogP contribution in [0, 0.1) is 0 Å². The van der Waals surface area contributed by atoms with E-state index in [0.717, 1.165) is 5.56 Å².